The minimum absolute atomic E-state index is 0.0103. The normalized spacial score (nSPS) is 13.6. The third-order valence-electron chi connectivity index (χ3n) is 7.77. The van der Waals surface area contributed by atoms with Crippen molar-refractivity contribution in [3.05, 3.63) is 106 Å². The highest BCUT2D eigenvalue weighted by Crippen LogP contribution is 2.18. The topological polar surface area (TPSA) is 125 Å². The van der Waals surface area contributed by atoms with Crippen LogP contribution >= 0.6 is 11.6 Å². The predicted octanol–water partition coefficient (Wildman–Crippen LogP) is 5.29. The van der Waals surface area contributed by atoms with Gasteiger partial charge in [0.15, 0.2) is 9.84 Å². The summed E-state index contributed by atoms with van der Waals surface area (Å²) in [4.78, 5) is 27.1. The summed E-state index contributed by atoms with van der Waals surface area (Å²) in [5.41, 5.74) is 2.32. The van der Waals surface area contributed by atoms with Crippen LogP contribution in [-0.4, -0.2) is 61.1 Å². The molecule has 0 aliphatic carbocycles. The van der Waals surface area contributed by atoms with Gasteiger partial charge in [-0.1, -0.05) is 74.2 Å². The number of hydrogen-bond donors (Lipinski definition) is 4. The lowest BCUT2D eigenvalue weighted by Gasteiger charge is -2.28. The van der Waals surface area contributed by atoms with Crippen molar-refractivity contribution in [2.75, 3.05) is 12.3 Å². The van der Waals surface area contributed by atoms with E-state index in [-0.39, 0.29) is 29.1 Å². The van der Waals surface area contributed by atoms with Gasteiger partial charge in [0.2, 0.25) is 5.91 Å². The second-order valence-electron chi connectivity index (χ2n) is 11.8. The molecular weight excluding hydrogens is 648 g/mol. The molecule has 0 spiro atoms. The second-order valence-corrected chi connectivity index (χ2v) is 14.6. The average molecular weight is 692 g/mol. The van der Waals surface area contributed by atoms with Crippen LogP contribution in [0.1, 0.15) is 66.6 Å². The summed E-state index contributed by atoms with van der Waals surface area (Å²) >= 11 is 6.05. The van der Waals surface area contributed by atoms with Crippen LogP contribution in [0, 0.1) is 18.6 Å². The Kier molecular flexibility index (Phi) is 14.8. The minimum Gasteiger partial charge on any atom is -0.390 e. The van der Waals surface area contributed by atoms with E-state index in [1.165, 1.54) is 12.1 Å². The van der Waals surface area contributed by atoms with Crippen LogP contribution in [0.15, 0.2) is 66.7 Å². The summed E-state index contributed by atoms with van der Waals surface area (Å²) in [6, 6.07) is 14.0. The van der Waals surface area contributed by atoms with Crippen molar-refractivity contribution < 1.29 is 31.9 Å². The Labute approximate surface area is 281 Å². The summed E-state index contributed by atoms with van der Waals surface area (Å²) in [6.45, 7) is 6.09. The fraction of sp³-hybridized carbons (Fsp3) is 0.429. The zero-order chi connectivity index (χ0) is 34.6. The Hall–Kier alpha value is -3.38. The maximum Gasteiger partial charge on any atom is 0.252 e. The molecule has 12 heteroatoms. The molecule has 8 nitrogen and oxygen atoms in total. The van der Waals surface area contributed by atoms with Crippen LogP contribution in [-0.2, 0) is 27.6 Å². The van der Waals surface area contributed by atoms with Crippen molar-refractivity contribution in [1.82, 2.24) is 16.0 Å². The SMILES string of the molecule is CCCC(CCC)S(=O)(=O)C[C@H](NC(=O)c1cccc(Cl)c1)C(=O)N[C@@H](Cc1cc(F)cc(F)c1)[C@H](O)CNCc1cccc(C)c1. The van der Waals surface area contributed by atoms with Gasteiger partial charge in [-0.25, -0.2) is 17.2 Å². The van der Waals surface area contributed by atoms with Gasteiger partial charge in [-0.05, 0) is 67.6 Å². The van der Waals surface area contributed by atoms with Crippen molar-refractivity contribution in [2.45, 2.75) is 82.9 Å². The second kappa shape index (κ2) is 18.2. The van der Waals surface area contributed by atoms with E-state index in [2.05, 4.69) is 16.0 Å². The molecule has 0 fully saturated rings. The molecule has 0 aromatic heterocycles. The van der Waals surface area contributed by atoms with Gasteiger partial charge in [-0.2, -0.15) is 0 Å². The van der Waals surface area contributed by atoms with Crippen LogP contribution in [0.2, 0.25) is 5.02 Å². The molecule has 0 aliphatic rings. The fourth-order valence-corrected chi connectivity index (χ4v) is 7.80. The highest BCUT2D eigenvalue weighted by atomic mass is 35.5. The zero-order valence-corrected chi connectivity index (χ0v) is 28.5. The van der Waals surface area contributed by atoms with Crippen molar-refractivity contribution in [3.8, 4) is 0 Å². The Morgan fingerprint density at radius 3 is 2.17 bits per heavy atom. The lowest BCUT2D eigenvalue weighted by Crippen LogP contribution is -2.57. The molecule has 0 aliphatic heterocycles. The lowest BCUT2D eigenvalue weighted by atomic mass is 10.00. The molecule has 47 heavy (non-hydrogen) atoms. The number of aliphatic hydroxyl groups is 1. The molecule has 3 aromatic rings. The van der Waals surface area contributed by atoms with Crippen LogP contribution in [0.4, 0.5) is 8.78 Å². The summed E-state index contributed by atoms with van der Waals surface area (Å²) in [5.74, 6) is -3.91. The third kappa shape index (κ3) is 12.3. The maximum absolute atomic E-state index is 14.1. The molecule has 4 N–H and O–H groups in total. The standard InChI is InChI=1S/C35H44ClF2N3O5S/c1-4-8-30(9-5-2)47(45,46)22-32(41-34(43)26-12-7-13-27(36)18-26)35(44)40-31(17-25-15-28(37)19-29(38)16-25)33(42)21-39-20-24-11-6-10-23(3)14-24/h6-7,10-16,18-19,30-33,39,42H,4-5,8-9,17,20-22H2,1-3H3,(H,40,44)(H,41,43)/t31-,32-,33+/m0/s1. The van der Waals surface area contributed by atoms with E-state index in [9.17, 15) is 31.9 Å². The van der Waals surface area contributed by atoms with E-state index in [4.69, 9.17) is 11.6 Å². The number of aryl methyl sites for hydroxylation is 1. The Balaban J connectivity index is 1.89. The summed E-state index contributed by atoms with van der Waals surface area (Å²) in [6.07, 6.45) is 0.582. The van der Waals surface area contributed by atoms with E-state index in [1.807, 2.05) is 45.0 Å². The molecule has 0 radical (unpaired) electrons. The quantitative estimate of drug-likeness (QED) is 0.144. The molecule has 0 saturated heterocycles. The van der Waals surface area contributed by atoms with E-state index in [0.717, 1.165) is 23.3 Å². The predicted molar refractivity (Wildman–Crippen MR) is 181 cm³/mol. The fourth-order valence-electron chi connectivity index (χ4n) is 5.45. The van der Waals surface area contributed by atoms with Gasteiger partial charge in [-0.3, -0.25) is 9.59 Å². The van der Waals surface area contributed by atoms with Gasteiger partial charge in [-0.15, -0.1) is 0 Å². The van der Waals surface area contributed by atoms with Crippen molar-refractivity contribution in [1.29, 1.82) is 0 Å². The van der Waals surface area contributed by atoms with E-state index < -0.39 is 62.5 Å². The van der Waals surface area contributed by atoms with Gasteiger partial charge in [0, 0.05) is 29.7 Å². The molecule has 3 rings (SSSR count). The molecule has 2 amide bonds. The number of hydrogen-bond acceptors (Lipinski definition) is 6. The first-order valence-electron chi connectivity index (χ1n) is 15.8. The van der Waals surface area contributed by atoms with Crippen LogP contribution in [0.3, 0.4) is 0 Å². The zero-order valence-electron chi connectivity index (χ0n) is 26.9. The molecule has 256 valence electrons. The van der Waals surface area contributed by atoms with Crippen molar-refractivity contribution in [3.63, 3.8) is 0 Å². The average Bonchev–Trinajstić information content (AvgIpc) is 2.99. The first kappa shape index (κ1) is 38.1. The number of aliphatic hydroxyl groups excluding tert-OH is 1. The highest BCUT2D eigenvalue weighted by molar-refractivity contribution is 7.92. The number of sulfone groups is 1. The van der Waals surface area contributed by atoms with Gasteiger partial charge in [0.05, 0.1) is 23.1 Å². The number of benzene rings is 3. The number of carbonyl (C=O) groups is 2. The first-order valence-corrected chi connectivity index (χ1v) is 17.9. The number of carbonyl (C=O) groups excluding carboxylic acids is 2. The molecule has 0 unspecified atom stereocenters. The summed E-state index contributed by atoms with van der Waals surface area (Å²) < 4.78 is 55.4. The smallest absolute Gasteiger partial charge is 0.252 e. The van der Waals surface area contributed by atoms with Gasteiger partial charge < -0.3 is 21.1 Å². The van der Waals surface area contributed by atoms with Gasteiger partial charge >= 0.3 is 0 Å². The van der Waals surface area contributed by atoms with E-state index in [0.29, 0.717) is 38.3 Å². The van der Waals surface area contributed by atoms with Crippen LogP contribution in [0.5, 0.6) is 0 Å². The number of nitrogens with one attached hydrogen (secondary N) is 3. The molecule has 0 heterocycles. The van der Waals surface area contributed by atoms with E-state index in [1.54, 1.807) is 12.1 Å². The number of rotatable bonds is 18. The highest BCUT2D eigenvalue weighted by Gasteiger charge is 2.34. The Bertz CT molecular complexity index is 1580. The monoisotopic (exact) mass is 691 g/mol. The largest absolute Gasteiger partial charge is 0.390 e. The van der Waals surface area contributed by atoms with Gasteiger partial charge in [0.1, 0.15) is 17.7 Å². The summed E-state index contributed by atoms with van der Waals surface area (Å²) in [7, 11) is -3.88. The number of halogens is 3. The summed E-state index contributed by atoms with van der Waals surface area (Å²) in [5, 5.41) is 19.2. The first-order chi connectivity index (χ1) is 22.3. The van der Waals surface area contributed by atoms with Crippen molar-refractivity contribution in [2.24, 2.45) is 0 Å². The molecule has 0 saturated carbocycles. The van der Waals surface area contributed by atoms with Crippen LogP contribution in [0.25, 0.3) is 0 Å². The minimum atomic E-state index is -3.88. The van der Waals surface area contributed by atoms with Crippen LogP contribution < -0.4 is 16.0 Å². The maximum atomic E-state index is 14.1. The number of amides is 2. The Morgan fingerprint density at radius 1 is 0.894 bits per heavy atom. The Morgan fingerprint density at radius 2 is 1.55 bits per heavy atom. The van der Waals surface area contributed by atoms with Gasteiger partial charge in [0.25, 0.3) is 5.91 Å². The van der Waals surface area contributed by atoms with Crippen molar-refractivity contribution >= 4 is 33.3 Å². The molecule has 3 atom stereocenters. The molecule has 0 bridgehead atoms. The lowest BCUT2D eigenvalue weighted by molar-refractivity contribution is -0.124. The molecular formula is C35H44ClF2N3O5S. The molecule has 3 aromatic carbocycles. The third-order valence-corrected chi connectivity index (χ3v) is 10.3. The van der Waals surface area contributed by atoms with E-state index >= 15 is 0 Å².